The first-order valence-corrected chi connectivity index (χ1v) is 10.5. The fraction of sp³-hybridized carbons (Fsp3) is 0.333. The minimum absolute atomic E-state index is 0.175. The lowest BCUT2D eigenvalue weighted by Gasteiger charge is -2.19. The van der Waals surface area contributed by atoms with E-state index in [0.717, 1.165) is 16.5 Å². The molecule has 0 fully saturated rings. The Morgan fingerprint density at radius 1 is 1.10 bits per heavy atom. The van der Waals surface area contributed by atoms with Crippen molar-refractivity contribution >= 4 is 22.7 Å². The van der Waals surface area contributed by atoms with E-state index in [1.54, 1.807) is 31.4 Å². The molecule has 0 saturated heterocycles. The fourth-order valence-corrected chi connectivity index (χ4v) is 3.39. The van der Waals surface area contributed by atoms with Crippen molar-refractivity contribution in [3.8, 4) is 5.75 Å². The van der Waals surface area contributed by atoms with Crippen molar-refractivity contribution in [2.45, 2.75) is 25.8 Å². The summed E-state index contributed by atoms with van der Waals surface area (Å²) in [6, 6.07) is 14.1. The van der Waals surface area contributed by atoms with Crippen LogP contribution in [0.4, 0.5) is 0 Å². The van der Waals surface area contributed by atoms with Gasteiger partial charge in [0.05, 0.1) is 13.5 Å². The third kappa shape index (κ3) is 6.08. The van der Waals surface area contributed by atoms with Gasteiger partial charge in [-0.2, -0.15) is 0 Å². The Morgan fingerprint density at radius 2 is 1.87 bits per heavy atom. The van der Waals surface area contributed by atoms with Crippen LogP contribution in [0.1, 0.15) is 30.5 Å². The molecule has 7 heteroatoms. The first kappa shape index (κ1) is 22.4. The first-order chi connectivity index (χ1) is 15.1. The number of hydrogen-bond acceptors (Lipinski definition) is 4. The van der Waals surface area contributed by atoms with E-state index < -0.39 is 6.04 Å². The Morgan fingerprint density at radius 3 is 2.61 bits per heavy atom. The van der Waals surface area contributed by atoms with E-state index >= 15 is 0 Å². The van der Waals surface area contributed by atoms with E-state index in [1.807, 2.05) is 37.4 Å². The highest BCUT2D eigenvalue weighted by atomic mass is 16.5. The molecule has 1 atom stereocenters. The molecule has 0 aliphatic rings. The lowest BCUT2D eigenvalue weighted by atomic mass is 10.0. The van der Waals surface area contributed by atoms with Crippen LogP contribution in [0.15, 0.2) is 54.7 Å². The van der Waals surface area contributed by atoms with Crippen molar-refractivity contribution in [1.29, 1.82) is 0 Å². The summed E-state index contributed by atoms with van der Waals surface area (Å²) in [5.41, 5.74) is 2.55. The van der Waals surface area contributed by atoms with Crippen molar-refractivity contribution in [1.82, 2.24) is 15.6 Å². The summed E-state index contributed by atoms with van der Waals surface area (Å²) in [5.74, 6) is 0.203. The number of aromatic amines is 1. The molecule has 2 amide bonds. The van der Waals surface area contributed by atoms with Crippen molar-refractivity contribution in [2.75, 3.05) is 26.9 Å². The summed E-state index contributed by atoms with van der Waals surface area (Å²) in [4.78, 5) is 28.9. The molecule has 3 rings (SSSR count). The van der Waals surface area contributed by atoms with Gasteiger partial charge in [-0.3, -0.25) is 9.59 Å². The number of benzene rings is 2. The van der Waals surface area contributed by atoms with Gasteiger partial charge in [-0.25, -0.2) is 0 Å². The number of para-hydroxylation sites is 1. The number of methoxy groups -OCH3 is 1. The number of aromatic nitrogens is 1. The molecular weight excluding hydrogens is 394 g/mol. The molecule has 0 spiro atoms. The molecule has 1 aromatic heterocycles. The monoisotopic (exact) mass is 423 g/mol. The summed E-state index contributed by atoms with van der Waals surface area (Å²) >= 11 is 0. The number of hydrogen-bond donors (Lipinski definition) is 3. The zero-order valence-corrected chi connectivity index (χ0v) is 17.9. The minimum Gasteiger partial charge on any atom is -0.497 e. The van der Waals surface area contributed by atoms with Crippen LogP contribution >= 0.6 is 0 Å². The number of ether oxygens (including phenoxy) is 2. The van der Waals surface area contributed by atoms with Gasteiger partial charge in [-0.1, -0.05) is 30.3 Å². The maximum absolute atomic E-state index is 12.9. The third-order valence-electron chi connectivity index (χ3n) is 5.01. The average Bonchev–Trinajstić information content (AvgIpc) is 3.20. The van der Waals surface area contributed by atoms with Crippen molar-refractivity contribution in [3.63, 3.8) is 0 Å². The number of nitrogens with one attached hydrogen (secondary N) is 3. The summed E-state index contributed by atoms with van der Waals surface area (Å²) in [7, 11) is 1.58. The zero-order valence-electron chi connectivity index (χ0n) is 17.9. The Kier molecular flexibility index (Phi) is 8.06. The SMILES string of the molecule is CCOCCCNC(=O)[C@H](NC(=O)Cc1c[nH]c2ccccc12)c1ccc(OC)cc1. The Bertz CT molecular complexity index is 997. The van der Waals surface area contributed by atoms with Gasteiger partial charge in [0.1, 0.15) is 11.8 Å². The molecule has 0 aliphatic carbocycles. The van der Waals surface area contributed by atoms with E-state index in [2.05, 4.69) is 15.6 Å². The predicted octanol–water partition coefficient (Wildman–Crippen LogP) is 3.12. The van der Waals surface area contributed by atoms with Crippen molar-refractivity contribution in [3.05, 3.63) is 65.9 Å². The lowest BCUT2D eigenvalue weighted by Crippen LogP contribution is -2.41. The van der Waals surface area contributed by atoms with Gasteiger partial charge in [-0.05, 0) is 42.7 Å². The Balaban J connectivity index is 1.70. The second-order valence-electron chi connectivity index (χ2n) is 7.15. The molecule has 164 valence electrons. The van der Waals surface area contributed by atoms with Crippen LogP contribution in [-0.2, 0) is 20.7 Å². The number of amides is 2. The molecule has 1 heterocycles. The van der Waals surface area contributed by atoms with Crippen LogP contribution in [0.5, 0.6) is 5.75 Å². The molecule has 2 aromatic carbocycles. The van der Waals surface area contributed by atoms with Crippen LogP contribution in [0.25, 0.3) is 10.9 Å². The van der Waals surface area contributed by atoms with Gasteiger partial charge in [0.15, 0.2) is 0 Å². The highest BCUT2D eigenvalue weighted by molar-refractivity contribution is 5.92. The van der Waals surface area contributed by atoms with Crippen molar-refractivity contribution in [2.24, 2.45) is 0 Å². The second-order valence-corrected chi connectivity index (χ2v) is 7.15. The average molecular weight is 424 g/mol. The Labute approximate surface area is 182 Å². The number of H-pyrrole nitrogens is 1. The number of fused-ring (bicyclic) bond motifs is 1. The van der Waals surface area contributed by atoms with Crippen LogP contribution in [-0.4, -0.2) is 43.7 Å². The number of carbonyl (C=O) groups excluding carboxylic acids is 2. The van der Waals surface area contributed by atoms with Crippen LogP contribution in [0, 0.1) is 0 Å². The topological polar surface area (TPSA) is 92.5 Å². The highest BCUT2D eigenvalue weighted by Gasteiger charge is 2.23. The van der Waals surface area contributed by atoms with E-state index in [-0.39, 0.29) is 18.2 Å². The molecule has 3 N–H and O–H groups in total. The van der Waals surface area contributed by atoms with E-state index in [9.17, 15) is 9.59 Å². The maximum Gasteiger partial charge on any atom is 0.247 e. The summed E-state index contributed by atoms with van der Waals surface area (Å²) in [5, 5.41) is 6.78. The predicted molar refractivity (Wildman–Crippen MR) is 120 cm³/mol. The van der Waals surface area contributed by atoms with Crippen LogP contribution in [0.3, 0.4) is 0 Å². The van der Waals surface area contributed by atoms with Crippen molar-refractivity contribution < 1.29 is 19.1 Å². The molecule has 0 bridgehead atoms. The smallest absolute Gasteiger partial charge is 0.247 e. The first-order valence-electron chi connectivity index (χ1n) is 10.5. The standard InChI is InChI=1S/C24H29N3O4/c1-3-31-14-6-13-25-24(29)23(17-9-11-19(30-2)12-10-17)27-22(28)15-18-16-26-21-8-5-4-7-20(18)21/h4-5,7-12,16,23,26H,3,6,13-15H2,1-2H3,(H,25,29)(H,27,28)/t23-/m1/s1. The molecule has 3 aromatic rings. The fourth-order valence-electron chi connectivity index (χ4n) is 3.39. The summed E-state index contributed by atoms with van der Waals surface area (Å²) in [6.45, 7) is 3.63. The van der Waals surface area contributed by atoms with Gasteiger partial charge in [0, 0.05) is 36.9 Å². The minimum atomic E-state index is -0.796. The molecule has 31 heavy (non-hydrogen) atoms. The quantitative estimate of drug-likeness (QED) is 0.413. The largest absolute Gasteiger partial charge is 0.497 e. The highest BCUT2D eigenvalue weighted by Crippen LogP contribution is 2.20. The van der Waals surface area contributed by atoms with Gasteiger partial charge < -0.3 is 25.1 Å². The van der Waals surface area contributed by atoms with Crippen LogP contribution in [0.2, 0.25) is 0 Å². The van der Waals surface area contributed by atoms with Gasteiger partial charge in [0.25, 0.3) is 0 Å². The van der Waals surface area contributed by atoms with Gasteiger partial charge in [-0.15, -0.1) is 0 Å². The molecule has 0 unspecified atom stereocenters. The Hall–Kier alpha value is -3.32. The summed E-state index contributed by atoms with van der Waals surface area (Å²) < 4.78 is 10.5. The van der Waals surface area contributed by atoms with E-state index in [4.69, 9.17) is 9.47 Å². The molecule has 0 aliphatic heterocycles. The second kappa shape index (κ2) is 11.2. The zero-order chi connectivity index (χ0) is 22.1. The molecule has 0 saturated carbocycles. The normalized spacial score (nSPS) is 11.8. The van der Waals surface area contributed by atoms with Crippen LogP contribution < -0.4 is 15.4 Å². The molecule has 7 nitrogen and oxygen atoms in total. The molecule has 0 radical (unpaired) electrons. The van der Waals surface area contributed by atoms with Gasteiger partial charge >= 0.3 is 0 Å². The van der Waals surface area contributed by atoms with Gasteiger partial charge in [0.2, 0.25) is 11.8 Å². The number of rotatable bonds is 11. The third-order valence-corrected chi connectivity index (χ3v) is 5.01. The van der Waals surface area contributed by atoms with E-state index in [1.165, 1.54) is 0 Å². The van der Waals surface area contributed by atoms with E-state index in [0.29, 0.717) is 37.5 Å². The lowest BCUT2D eigenvalue weighted by molar-refractivity contribution is -0.128. The maximum atomic E-state index is 12.9. The number of carbonyl (C=O) groups is 2. The molecular formula is C24H29N3O4. The summed E-state index contributed by atoms with van der Waals surface area (Å²) in [6.07, 6.45) is 2.72.